The molecule has 0 bridgehead atoms. The molecule has 114 valence electrons. The average Bonchev–Trinajstić information content (AvgIpc) is 2.77. The molecular formula is C14H16F3N3O. The van der Waals surface area contributed by atoms with Gasteiger partial charge in [0.05, 0.1) is 5.56 Å². The second-order valence-corrected chi connectivity index (χ2v) is 4.88. The van der Waals surface area contributed by atoms with Crippen LogP contribution < -0.4 is 10.5 Å². The Kier molecular flexibility index (Phi) is 4.11. The van der Waals surface area contributed by atoms with Crippen molar-refractivity contribution >= 4 is 5.82 Å². The van der Waals surface area contributed by atoms with Crippen molar-refractivity contribution in [2.75, 3.05) is 5.73 Å². The summed E-state index contributed by atoms with van der Waals surface area (Å²) in [5, 5.41) is 4.20. The van der Waals surface area contributed by atoms with E-state index in [9.17, 15) is 13.2 Å². The topological polar surface area (TPSA) is 53.1 Å². The zero-order valence-electron chi connectivity index (χ0n) is 11.7. The van der Waals surface area contributed by atoms with Gasteiger partial charge in [0.1, 0.15) is 23.9 Å². The van der Waals surface area contributed by atoms with Gasteiger partial charge in [-0.3, -0.25) is 0 Å². The SMILES string of the molecule is CC(C)n1nc(COc2ccccc2C(F)(F)F)cc1N. The molecule has 21 heavy (non-hydrogen) atoms. The summed E-state index contributed by atoms with van der Waals surface area (Å²) in [6, 6.07) is 6.74. The molecule has 2 rings (SSSR count). The second-order valence-electron chi connectivity index (χ2n) is 4.88. The quantitative estimate of drug-likeness (QED) is 0.937. The van der Waals surface area contributed by atoms with Crippen LogP contribution in [0.3, 0.4) is 0 Å². The minimum Gasteiger partial charge on any atom is -0.487 e. The van der Waals surface area contributed by atoms with Gasteiger partial charge in [0.25, 0.3) is 0 Å². The molecule has 2 N–H and O–H groups in total. The molecule has 1 heterocycles. The third-order valence-corrected chi connectivity index (χ3v) is 2.87. The van der Waals surface area contributed by atoms with Gasteiger partial charge in [0, 0.05) is 12.1 Å². The molecule has 7 heteroatoms. The van der Waals surface area contributed by atoms with Gasteiger partial charge in [-0.2, -0.15) is 18.3 Å². The summed E-state index contributed by atoms with van der Waals surface area (Å²) in [5.74, 6) is 0.232. The van der Waals surface area contributed by atoms with Crippen LogP contribution in [0.5, 0.6) is 5.75 Å². The Balaban J connectivity index is 2.16. The molecule has 0 saturated heterocycles. The molecule has 0 aliphatic heterocycles. The third-order valence-electron chi connectivity index (χ3n) is 2.87. The minimum absolute atomic E-state index is 0.0706. The molecule has 0 unspecified atom stereocenters. The Morgan fingerprint density at radius 3 is 2.52 bits per heavy atom. The molecule has 4 nitrogen and oxygen atoms in total. The Bertz CT molecular complexity index is 620. The molecule has 1 aromatic heterocycles. The highest BCUT2D eigenvalue weighted by atomic mass is 19.4. The number of hydrogen-bond donors (Lipinski definition) is 1. The Morgan fingerprint density at radius 2 is 1.95 bits per heavy atom. The second kappa shape index (κ2) is 5.67. The first-order valence-electron chi connectivity index (χ1n) is 6.42. The predicted octanol–water partition coefficient (Wildman–Crippen LogP) is 3.64. The van der Waals surface area contributed by atoms with E-state index in [1.165, 1.54) is 18.2 Å². The lowest BCUT2D eigenvalue weighted by Crippen LogP contribution is -2.09. The molecule has 0 aliphatic carbocycles. The fraction of sp³-hybridized carbons (Fsp3) is 0.357. The normalized spacial score (nSPS) is 11.9. The van der Waals surface area contributed by atoms with Crippen LogP contribution in [0.1, 0.15) is 31.1 Å². The maximum atomic E-state index is 12.8. The Morgan fingerprint density at radius 1 is 1.29 bits per heavy atom. The number of aromatic nitrogens is 2. The monoisotopic (exact) mass is 299 g/mol. The van der Waals surface area contributed by atoms with Gasteiger partial charge >= 0.3 is 6.18 Å². The van der Waals surface area contributed by atoms with E-state index in [4.69, 9.17) is 10.5 Å². The first-order valence-corrected chi connectivity index (χ1v) is 6.42. The molecule has 2 aromatic rings. The van der Waals surface area contributed by atoms with Crippen molar-refractivity contribution in [3.8, 4) is 5.75 Å². The summed E-state index contributed by atoms with van der Waals surface area (Å²) in [5.41, 5.74) is 5.46. The maximum absolute atomic E-state index is 12.8. The van der Waals surface area contributed by atoms with Gasteiger partial charge in [0.2, 0.25) is 0 Å². The fourth-order valence-electron chi connectivity index (χ4n) is 1.92. The van der Waals surface area contributed by atoms with E-state index >= 15 is 0 Å². The van der Waals surface area contributed by atoms with Crippen LogP contribution in [-0.4, -0.2) is 9.78 Å². The van der Waals surface area contributed by atoms with Gasteiger partial charge in [-0.25, -0.2) is 4.68 Å². The summed E-state index contributed by atoms with van der Waals surface area (Å²) in [7, 11) is 0. The lowest BCUT2D eigenvalue weighted by Gasteiger charge is -2.12. The number of nitrogens with zero attached hydrogens (tertiary/aromatic N) is 2. The lowest BCUT2D eigenvalue weighted by atomic mass is 10.2. The standard InChI is InChI=1S/C14H16F3N3O/c1-9(2)20-13(18)7-10(19-20)8-21-12-6-4-3-5-11(12)14(15,16)17/h3-7,9H,8,18H2,1-2H3. The van der Waals surface area contributed by atoms with Crippen molar-refractivity contribution in [3.63, 3.8) is 0 Å². The highest BCUT2D eigenvalue weighted by Crippen LogP contribution is 2.36. The Labute approximate surface area is 120 Å². The highest BCUT2D eigenvalue weighted by molar-refractivity contribution is 5.36. The molecule has 0 amide bonds. The number of ether oxygens (including phenoxy) is 1. The molecule has 0 fully saturated rings. The van der Waals surface area contributed by atoms with E-state index in [1.54, 1.807) is 10.7 Å². The first kappa shape index (κ1) is 15.2. The van der Waals surface area contributed by atoms with E-state index < -0.39 is 11.7 Å². The summed E-state index contributed by atoms with van der Waals surface area (Å²) < 4.78 is 45.3. The molecule has 0 aliphatic rings. The number of alkyl halides is 3. The van der Waals surface area contributed by atoms with Crippen molar-refractivity contribution in [1.29, 1.82) is 0 Å². The number of nitrogens with two attached hydrogens (primary N) is 1. The van der Waals surface area contributed by atoms with Crippen LogP contribution >= 0.6 is 0 Å². The summed E-state index contributed by atoms with van der Waals surface area (Å²) in [4.78, 5) is 0. The van der Waals surface area contributed by atoms with Gasteiger partial charge in [-0.05, 0) is 26.0 Å². The maximum Gasteiger partial charge on any atom is 0.419 e. The number of halogens is 3. The summed E-state index contributed by atoms with van der Waals surface area (Å²) >= 11 is 0. The van der Waals surface area contributed by atoms with Crippen molar-refractivity contribution in [3.05, 3.63) is 41.6 Å². The molecule has 0 saturated carbocycles. The largest absolute Gasteiger partial charge is 0.487 e. The van der Waals surface area contributed by atoms with E-state index in [0.717, 1.165) is 6.07 Å². The number of hydrogen-bond acceptors (Lipinski definition) is 3. The zero-order chi connectivity index (χ0) is 15.6. The number of rotatable bonds is 4. The van der Waals surface area contributed by atoms with Crippen LogP contribution in [0.25, 0.3) is 0 Å². The van der Waals surface area contributed by atoms with Crippen molar-refractivity contribution in [2.45, 2.75) is 32.7 Å². The third kappa shape index (κ3) is 3.48. The molecule has 1 aromatic carbocycles. The van der Waals surface area contributed by atoms with E-state index in [2.05, 4.69) is 5.10 Å². The van der Waals surface area contributed by atoms with Crippen molar-refractivity contribution in [1.82, 2.24) is 9.78 Å². The van der Waals surface area contributed by atoms with E-state index in [-0.39, 0.29) is 18.4 Å². The predicted molar refractivity (Wildman–Crippen MR) is 72.8 cm³/mol. The molecule has 0 spiro atoms. The van der Waals surface area contributed by atoms with Crippen LogP contribution in [0.4, 0.5) is 19.0 Å². The highest BCUT2D eigenvalue weighted by Gasteiger charge is 2.34. The smallest absolute Gasteiger partial charge is 0.419 e. The average molecular weight is 299 g/mol. The van der Waals surface area contributed by atoms with E-state index in [1.807, 2.05) is 13.8 Å². The number of nitrogen functional groups attached to an aromatic ring is 1. The van der Waals surface area contributed by atoms with Gasteiger partial charge < -0.3 is 10.5 Å². The first-order chi connectivity index (χ1) is 9.79. The van der Waals surface area contributed by atoms with Crippen LogP contribution in [0.15, 0.2) is 30.3 Å². The molecule has 0 radical (unpaired) electrons. The minimum atomic E-state index is -4.45. The van der Waals surface area contributed by atoms with Crippen LogP contribution in [-0.2, 0) is 12.8 Å². The van der Waals surface area contributed by atoms with Gasteiger partial charge in [-0.1, -0.05) is 12.1 Å². The van der Waals surface area contributed by atoms with Crippen molar-refractivity contribution < 1.29 is 17.9 Å². The summed E-state index contributed by atoms with van der Waals surface area (Å²) in [6.07, 6.45) is -4.45. The molecule has 0 atom stereocenters. The van der Waals surface area contributed by atoms with Gasteiger partial charge in [-0.15, -0.1) is 0 Å². The zero-order valence-corrected chi connectivity index (χ0v) is 11.7. The number of para-hydroxylation sites is 1. The van der Waals surface area contributed by atoms with Crippen molar-refractivity contribution in [2.24, 2.45) is 0 Å². The van der Waals surface area contributed by atoms with Gasteiger partial charge in [0.15, 0.2) is 0 Å². The van der Waals surface area contributed by atoms with Crippen LogP contribution in [0.2, 0.25) is 0 Å². The number of benzene rings is 1. The van der Waals surface area contributed by atoms with E-state index in [0.29, 0.717) is 11.5 Å². The Hall–Kier alpha value is -2.18. The summed E-state index contributed by atoms with van der Waals surface area (Å²) in [6.45, 7) is 3.75. The lowest BCUT2D eigenvalue weighted by molar-refractivity contribution is -0.139. The molecular weight excluding hydrogens is 283 g/mol. The van der Waals surface area contributed by atoms with Crippen LogP contribution in [0, 0.1) is 0 Å². The fourth-order valence-corrected chi connectivity index (χ4v) is 1.92. The number of anilines is 1.